The van der Waals surface area contributed by atoms with Crippen LogP contribution in [-0.2, 0) is 0 Å². The van der Waals surface area contributed by atoms with Gasteiger partial charge in [-0.15, -0.1) is 0 Å². The number of amides is 2. The van der Waals surface area contributed by atoms with Crippen LogP contribution >= 0.6 is 0 Å². The molecule has 2 saturated heterocycles. The summed E-state index contributed by atoms with van der Waals surface area (Å²) in [5.74, 6) is 1.48. The van der Waals surface area contributed by atoms with Gasteiger partial charge >= 0.3 is 6.03 Å². The maximum absolute atomic E-state index is 12.6. The molecule has 0 spiro atoms. The highest BCUT2D eigenvalue weighted by molar-refractivity contribution is 5.74. The summed E-state index contributed by atoms with van der Waals surface area (Å²) in [5, 5.41) is 3.11. The van der Waals surface area contributed by atoms with Crippen molar-refractivity contribution in [2.75, 3.05) is 32.7 Å². The van der Waals surface area contributed by atoms with Crippen LogP contribution in [0.25, 0.3) is 0 Å². The lowest BCUT2D eigenvalue weighted by Gasteiger charge is -2.38. The van der Waals surface area contributed by atoms with Crippen LogP contribution in [0.3, 0.4) is 0 Å². The smallest absolute Gasteiger partial charge is 0.317 e. The second-order valence-electron chi connectivity index (χ2n) is 7.86. The quantitative estimate of drug-likeness (QED) is 0.912. The average Bonchev–Trinajstić information content (AvgIpc) is 2.64. The van der Waals surface area contributed by atoms with Gasteiger partial charge in [-0.3, -0.25) is 4.98 Å². The molecule has 2 aliphatic rings. The Morgan fingerprint density at radius 3 is 2.80 bits per heavy atom. The van der Waals surface area contributed by atoms with Gasteiger partial charge in [0.1, 0.15) is 0 Å². The minimum Gasteiger partial charge on any atom is -0.330 e. The van der Waals surface area contributed by atoms with Gasteiger partial charge in [0.05, 0.1) is 11.7 Å². The van der Waals surface area contributed by atoms with Gasteiger partial charge in [-0.25, -0.2) is 4.79 Å². The first-order valence-electron chi connectivity index (χ1n) is 9.80. The van der Waals surface area contributed by atoms with E-state index in [0.29, 0.717) is 5.92 Å². The third kappa shape index (κ3) is 5.18. The Labute approximate surface area is 151 Å². The molecule has 0 unspecified atom stereocenters. The van der Waals surface area contributed by atoms with Crippen molar-refractivity contribution in [2.24, 2.45) is 11.8 Å². The van der Waals surface area contributed by atoms with Gasteiger partial charge in [-0.1, -0.05) is 13.0 Å². The lowest BCUT2D eigenvalue weighted by molar-refractivity contribution is 0.119. The summed E-state index contributed by atoms with van der Waals surface area (Å²) in [6, 6.07) is 5.81. The molecular formula is C20H32N4O. The Morgan fingerprint density at radius 2 is 2.08 bits per heavy atom. The predicted octanol–water partition coefficient (Wildman–Crippen LogP) is 3.30. The highest BCUT2D eigenvalue weighted by Crippen LogP contribution is 2.22. The number of piperidine rings is 2. The van der Waals surface area contributed by atoms with E-state index in [1.54, 1.807) is 6.20 Å². The number of nitrogens with zero attached hydrogens (tertiary/aromatic N) is 3. The number of nitrogens with one attached hydrogen (secondary N) is 1. The van der Waals surface area contributed by atoms with Crippen LogP contribution in [-0.4, -0.2) is 53.5 Å². The van der Waals surface area contributed by atoms with Crippen LogP contribution in [0.4, 0.5) is 4.79 Å². The first-order chi connectivity index (χ1) is 12.1. The first-order valence-corrected chi connectivity index (χ1v) is 9.80. The van der Waals surface area contributed by atoms with Crippen molar-refractivity contribution in [1.82, 2.24) is 20.1 Å². The van der Waals surface area contributed by atoms with E-state index in [2.05, 4.69) is 22.1 Å². The summed E-state index contributed by atoms with van der Waals surface area (Å²) >= 11 is 0. The van der Waals surface area contributed by atoms with Gasteiger partial charge in [0, 0.05) is 25.8 Å². The number of rotatable bonds is 4. The van der Waals surface area contributed by atoms with E-state index in [4.69, 9.17) is 0 Å². The predicted molar refractivity (Wildman–Crippen MR) is 100 cm³/mol. The summed E-state index contributed by atoms with van der Waals surface area (Å²) in [4.78, 5) is 21.6. The van der Waals surface area contributed by atoms with Crippen LogP contribution in [0.2, 0.25) is 0 Å². The number of hydrogen-bond donors (Lipinski definition) is 1. The van der Waals surface area contributed by atoms with Crippen molar-refractivity contribution in [1.29, 1.82) is 0 Å². The molecular weight excluding hydrogens is 312 g/mol. The van der Waals surface area contributed by atoms with Gasteiger partial charge in [-0.05, 0) is 69.7 Å². The van der Waals surface area contributed by atoms with Crippen LogP contribution in [0.5, 0.6) is 0 Å². The summed E-state index contributed by atoms with van der Waals surface area (Å²) < 4.78 is 0. The molecule has 5 nitrogen and oxygen atoms in total. The standard InChI is InChI=1S/C20H32N4O/c1-16-8-12-23(13-9-16)14-18-6-5-11-24(15-18)20(25)22-17(2)19-7-3-4-10-21-19/h3-4,7,10,16-18H,5-6,8-9,11-15H2,1-2H3,(H,22,25)/t17-,18+/m0/s1. The summed E-state index contributed by atoms with van der Waals surface area (Å²) in [6.45, 7) is 9.69. The second-order valence-corrected chi connectivity index (χ2v) is 7.86. The fourth-order valence-corrected chi connectivity index (χ4v) is 3.99. The van der Waals surface area contributed by atoms with Crippen molar-refractivity contribution in [2.45, 2.75) is 45.6 Å². The lowest BCUT2D eigenvalue weighted by Crippen LogP contribution is -2.48. The van der Waals surface area contributed by atoms with E-state index >= 15 is 0 Å². The Hall–Kier alpha value is -1.62. The van der Waals surface area contributed by atoms with E-state index in [-0.39, 0.29) is 12.1 Å². The molecule has 1 aromatic rings. The Morgan fingerprint density at radius 1 is 1.28 bits per heavy atom. The molecule has 0 saturated carbocycles. The van der Waals surface area contributed by atoms with E-state index in [0.717, 1.165) is 37.7 Å². The van der Waals surface area contributed by atoms with Crippen LogP contribution < -0.4 is 5.32 Å². The normalized spacial score (nSPS) is 24.1. The zero-order valence-corrected chi connectivity index (χ0v) is 15.7. The zero-order valence-electron chi connectivity index (χ0n) is 15.7. The molecule has 138 valence electrons. The molecule has 0 aliphatic carbocycles. The van der Waals surface area contributed by atoms with Crippen molar-refractivity contribution in [3.8, 4) is 0 Å². The molecule has 2 fully saturated rings. The zero-order chi connectivity index (χ0) is 17.6. The summed E-state index contributed by atoms with van der Waals surface area (Å²) in [5.41, 5.74) is 0.909. The molecule has 2 aliphatic heterocycles. The van der Waals surface area contributed by atoms with Crippen molar-refractivity contribution in [3.05, 3.63) is 30.1 Å². The van der Waals surface area contributed by atoms with E-state index in [1.165, 1.54) is 32.4 Å². The van der Waals surface area contributed by atoms with Crippen molar-refractivity contribution >= 4 is 6.03 Å². The Kier molecular flexibility index (Phi) is 6.29. The fourth-order valence-electron chi connectivity index (χ4n) is 3.99. The number of carbonyl (C=O) groups excluding carboxylic acids is 1. The topological polar surface area (TPSA) is 48.5 Å². The average molecular weight is 345 g/mol. The number of urea groups is 1. The van der Waals surface area contributed by atoms with Gasteiger partial charge in [-0.2, -0.15) is 0 Å². The molecule has 2 atom stereocenters. The monoisotopic (exact) mass is 344 g/mol. The van der Waals surface area contributed by atoms with Crippen LogP contribution in [0.1, 0.15) is 51.3 Å². The molecule has 0 radical (unpaired) electrons. The van der Waals surface area contributed by atoms with Crippen LogP contribution in [0.15, 0.2) is 24.4 Å². The molecule has 5 heteroatoms. The highest BCUT2D eigenvalue weighted by atomic mass is 16.2. The third-order valence-electron chi connectivity index (χ3n) is 5.67. The minimum absolute atomic E-state index is 0.0510. The first kappa shape index (κ1) is 18.2. The second kappa shape index (κ2) is 8.65. The molecule has 2 amide bonds. The molecule has 0 aromatic carbocycles. The largest absolute Gasteiger partial charge is 0.330 e. The molecule has 1 aromatic heterocycles. The number of hydrogen-bond acceptors (Lipinski definition) is 3. The van der Waals surface area contributed by atoms with Gasteiger partial charge in [0.25, 0.3) is 0 Å². The number of pyridine rings is 1. The van der Waals surface area contributed by atoms with E-state index in [9.17, 15) is 4.79 Å². The molecule has 0 bridgehead atoms. The number of aromatic nitrogens is 1. The molecule has 1 N–H and O–H groups in total. The Bertz CT molecular complexity index is 542. The molecule has 3 heterocycles. The fraction of sp³-hybridized carbons (Fsp3) is 0.700. The van der Waals surface area contributed by atoms with Crippen molar-refractivity contribution in [3.63, 3.8) is 0 Å². The van der Waals surface area contributed by atoms with Crippen LogP contribution in [0, 0.1) is 11.8 Å². The SMILES string of the molecule is CC1CCN(C[C@H]2CCCN(C(=O)N[C@@H](C)c3ccccn3)C2)CC1. The summed E-state index contributed by atoms with van der Waals surface area (Å²) in [6.07, 6.45) is 6.76. The minimum atomic E-state index is -0.0577. The Balaban J connectivity index is 1.48. The third-order valence-corrected chi connectivity index (χ3v) is 5.67. The van der Waals surface area contributed by atoms with Gasteiger partial charge in [0.2, 0.25) is 0 Å². The number of likely N-dealkylation sites (tertiary alicyclic amines) is 2. The van der Waals surface area contributed by atoms with Crippen molar-refractivity contribution < 1.29 is 4.79 Å². The van der Waals surface area contributed by atoms with Gasteiger partial charge in [0.15, 0.2) is 0 Å². The highest BCUT2D eigenvalue weighted by Gasteiger charge is 2.27. The van der Waals surface area contributed by atoms with E-state index < -0.39 is 0 Å². The van der Waals surface area contributed by atoms with Gasteiger partial charge < -0.3 is 15.1 Å². The molecule has 25 heavy (non-hydrogen) atoms. The summed E-state index contributed by atoms with van der Waals surface area (Å²) in [7, 11) is 0. The molecule has 3 rings (SSSR count). The maximum Gasteiger partial charge on any atom is 0.317 e. The number of carbonyl (C=O) groups is 1. The van der Waals surface area contributed by atoms with E-state index in [1.807, 2.05) is 30.0 Å². The maximum atomic E-state index is 12.6. The lowest BCUT2D eigenvalue weighted by atomic mass is 9.94.